The van der Waals surface area contributed by atoms with Crippen LogP contribution in [0.15, 0.2) is 11.1 Å². The fourth-order valence-corrected chi connectivity index (χ4v) is 3.05. The molecule has 2 aliphatic heterocycles. The van der Waals surface area contributed by atoms with Crippen LogP contribution in [0.25, 0.3) is 0 Å². The highest BCUT2D eigenvalue weighted by Crippen LogP contribution is 2.47. The number of fused-ring (bicyclic) bond motifs is 1. The van der Waals surface area contributed by atoms with E-state index in [-0.39, 0.29) is 11.9 Å². The summed E-state index contributed by atoms with van der Waals surface area (Å²) in [5.74, 6) is -0.101. The van der Waals surface area contributed by atoms with E-state index in [1.165, 1.54) is 11.1 Å². The van der Waals surface area contributed by atoms with Crippen LogP contribution in [0.4, 0.5) is 0 Å². The Balaban J connectivity index is 1.92. The highest BCUT2D eigenvalue weighted by molar-refractivity contribution is 5.93. The van der Waals surface area contributed by atoms with E-state index in [1.807, 2.05) is 6.92 Å². The maximum absolute atomic E-state index is 12.1. The average molecular weight is 235 g/mol. The molecule has 92 valence electrons. The van der Waals surface area contributed by atoms with Gasteiger partial charge in [-0.1, -0.05) is 5.57 Å². The van der Waals surface area contributed by atoms with E-state index in [9.17, 15) is 9.59 Å². The van der Waals surface area contributed by atoms with Gasteiger partial charge in [0, 0.05) is 19.4 Å². The molecule has 0 aromatic heterocycles. The quantitative estimate of drug-likeness (QED) is 0.537. The Morgan fingerprint density at radius 1 is 1.35 bits per heavy atom. The molecule has 1 saturated carbocycles. The third-order valence-electron chi connectivity index (χ3n) is 4.08. The molecular weight excluding hydrogens is 218 g/mol. The first-order valence-corrected chi connectivity index (χ1v) is 6.35. The van der Waals surface area contributed by atoms with Gasteiger partial charge in [-0.3, -0.25) is 4.79 Å². The van der Waals surface area contributed by atoms with Gasteiger partial charge in [-0.2, -0.15) is 0 Å². The number of amides is 1. The molecule has 1 aliphatic carbocycles. The second-order valence-corrected chi connectivity index (χ2v) is 5.12. The molecule has 0 spiro atoms. The molecule has 17 heavy (non-hydrogen) atoms. The number of hydrogen-bond donors (Lipinski definition) is 0. The van der Waals surface area contributed by atoms with Crippen molar-refractivity contribution in [3.8, 4) is 0 Å². The van der Waals surface area contributed by atoms with Crippen LogP contribution in [0, 0.1) is 0 Å². The number of esters is 1. The fourth-order valence-electron chi connectivity index (χ4n) is 3.05. The maximum Gasteiger partial charge on any atom is 0.332 e. The summed E-state index contributed by atoms with van der Waals surface area (Å²) in [7, 11) is 0. The van der Waals surface area contributed by atoms with Gasteiger partial charge in [-0.05, 0) is 31.8 Å². The number of ether oxygens (including phenoxy) is 1. The van der Waals surface area contributed by atoms with Crippen LogP contribution in [-0.2, 0) is 14.3 Å². The molecule has 1 atom stereocenters. The molecule has 2 heterocycles. The summed E-state index contributed by atoms with van der Waals surface area (Å²) in [6.45, 7) is 2.85. The van der Waals surface area contributed by atoms with Crippen LogP contribution in [0.5, 0.6) is 0 Å². The Labute approximate surface area is 101 Å². The zero-order valence-electron chi connectivity index (χ0n) is 10.1. The van der Waals surface area contributed by atoms with Gasteiger partial charge in [0.1, 0.15) is 5.54 Å². The number of carbonyl (C=O) groups is 2. The monoisotopic (exact) mass is 235 g/mol. The van der Waals surface area contributed by atoms with Crippen molar-refractivity contribution in [2.45, 2.75) is 44.6 Å². The molecule has 4 nitrogen and oxygen atoms in total. The lowest BCUT2D eigenvalue weighted by atomic mass is 9.92. The van der Waals surface area contributed by atoms with Crippen LogP contribution in [0.2, 0.25) is 0 Å². The zero-order valence-corrected chi connectivity index (χ0v) is 10.1. The second-order valence-electron chi connectivity index (χ2n) is 5.12. The molecule has 0 aromatic carbocycles. The van der Waals surface area contributed by atoms with Gasteiger partial charge in [0.2, 0.25) is 5.91 Å². The Bertz CT molecular complexity index is 420. The Hall–Kier alpha value is -1.32. The maximum atomic E-state index is 12.1. The molecule has 0 radical (unpaired) electrons. The van der Waals surface area contributed by atoms with Gasteiger partial charge in [0.25, 0.3) is 0 Å². The van der Waals surface area contributed by atoms with Gasteiger partial charge < -0.3 is 9.64 Å². The minimum Gasteiger partial charge on any atom is -0.464 e. The zero-order chi connectivity index (χ0) is 12.0. The van der Waals surface area contributed by atoms with Crippen molar-refractivity contribution in [2.24, 2.45) is 0 Å². The third kappa shape index (κ3) is 1.50. The summed E-state index contributed by atoms with van der Waals surface area (Å²) >= 11 is 0. The minimum absolute atomic E-state index is 0.106. The molecule has 4 heteroatoms. The number of nitrogens with zero attached hydrogens (tertiary/aromatic N) is 1. The van der Waals surface area contributed by atoms with Gasteiger partial charge in [0.05, 0.1) is 6.61 Å². The molecule has 0 unspecified atom stereocenters. The van der Waals surface area contributed by atoms with Crippen molar-refractivity contribution in [1.29, 1.82) is 0 Å². The summed E-state index contributed by atoms with van der Waals surface area (Å²) in [5, 5.41) is 0. The lowest BCUT2D eigenvalue weighted by Crippen LogP contribution is -2.48. The normalized spacial score (nSPS) is 30.9. The Morgan fingerprint density at radius 3 is 2.76 bits per heavy atom. The summed E-state index contributed by atoms with van der Waals surface area (Å²) < 4.78 is 5.17. The van der Waals surface area contributed by atoms with Crippen molar-refractivity contribution in [3.63, 3.8) is 0 Å². The molecule has 2 saturated heterocycles. The molecule has 0 aromatic rings. The summed E-state index contributed by atoms with van der Waals surface area (Å²) in [5.41, 5.74) is 2.11. The van der Waals surface area contributed by atoms with E-state index in [1.54, 1.807) is 4.90 Å². The van der Waals surface area contributed by atoms with Crippen LogP contribution in [-0.4, -0.2) is 35.5 Å². The molecule has 3 rings (SSSR count). The van der Waals surface area contributed by atoms with E-state index in [2.05, 4.69) is 0 Å². The standard InChI is InChI=1S/C13H17NO3/c1-2-17-12(16)13-6-5-11(15)14(13)8-10(7-13)9-3-4-9/h2-8H2,1H3/t13-/m0/s1. The van der Waals surface area contributed by atoms with Crippen molar-refractivity contribution in [2.75, 3.05) is 13.2 Å². The molecule has 0 bridgehead atoms. The van der Waals surface area contributed by atoms with Gasteiger partial charge in [0.15, 0.2) is 0 Å². The molecule has 3 aliphatic rings. The topological polar surface area (TPSA) is 46.6 Å². The predicted molar refractivity (Wildman–Crippen MR) is 61.2 cm³/mol. The van der Waals surface area contributed by atoms with Gasteiger partial charge >= 0.3 is 5.97 Å². The first-order chi connectivity index (χ1) is 8.17. The smallest absolute Gasteiger partial charge is 0.332 e. The highest BCUT2D eigenvalue weighted by atomic mass is 16.5. The summed E-state index contributed by atoms with van der Waals surface area (Å²) in [6.07, 6.45) is 4.13. The molecule has 0 N–H and O–H groups in total. The van der Waals surface area contributed by atoms with Crippen molar-refractivity contribution >= 4 is 11.9 Å². The average Bonchev–Trinajstić information content (AvgIpc) is 3.00. The first-order valence-electron chi connectivity index (χ1n) is 6.35. The van der Waals surface area contributed by atoms with Crippen LogP contribution >= 0.6 is 0 Å². The second kappa shape index (κ2) is 3.59. The highest BCUT2D eigenvalue weighted by Gasteiger charge is 2.57. The number of carbonyl (C=O) groups excluding carboxylic acids is 2. The summed E-state index contributed by atoms with van der Waals surface area (Å²) in [6, 6.07) is 0. The third-order valence-corrected chi connectivity index (χ3v) is 4.08. The van der Waals surface area contributed by atoms with Gasteiger partial charge in [-0.25, -0.2) is 4.79 Å². The van der Waals surface area contributed by atoms with Crippen LogP contribution in [0.3, 0.4) is 0 Å². The van der Waals surface area contributed by atoms with E-state index in [0.717, 1.165) is 12.8 Å². The summed E-state index contributed by atoms with van der Waals surface area (Å²) in [4.78, 5) is 25.8. The fraction of sp³-hybridized carbons (Fsp3) is 0.692. The van der Waals surface area contributed by atoms with Crippen LogP contribution < -0.4 is 0 Å². The number of allylic oxidation sites excluding steroid dienone is 1. The van der Waals surface area contributed by atoms with Gasteiger partial charge in [-0.15, -0.1) is 0 Å². The molecule has 1 amide bonds. The molecule has 3 fully saturated rings. The SMILES string of the molecule is CCOC(=O)[C@@]12CCC(=O)N1CC(=C1CC1)C2. The Morgan fingerprint density at radius 2 is 2.12 bits per heavy atom. The number of rotatable bonds is 2. The first kappa shape index (κ1) is 10.8. The lowest BCUT2D eigenvalue weighted by molar-refractivity contribution is -0.157. The van der Waals surface area contributed by atoms with E-state index in [4.69, 9.17) is 4.74 Å². The van der Waals surface area contributed by atoms with E-state index < -0.39 is 5.54 Å². The minimum atomic E-state index is -0.655. The van der Waals surface area contributed by atoms with E-state index in [0.29, 0.717) is 32.4 Å². The van der Waals surface area contributed by atoms with E-state index >= 15 is 0 Å². The van der Waals surface area contributed by atoms with Crippen LogP contribution in [0.1, 0.15) is 39.0 Å². The Kier molecular flexibility index (Phi) is 2.28. The molecular formula is C13H17NO3. The van der Waals surface area contributed by atoms with Crippen molar-refractivity contribution in [3.05, 3.63) is 11.1 Å². The predicted octanol–water partition coefficient (Wildman–Crippen LogP) is 1.40. The van der Waals surface area contributed by atoms with Crippen molar-refractivity contribution < 1.29 is 14.3 Å². The largest absolute Gasteiger partial charge is 0.464 e. The van der Waals surface area contributed by atoms with Crippen molar-refractivity contribution in [1.82, 2.24) is 4.90 Å². The number of hydrogen-bond acceptors (Lipinski definition) is 3. The lowest BCUT2D eigenvalue weighted by Gasteiger charge is -2.28.